The molecule has 0 bridgehead atoms. The third-order valence-corrected chi connectivity index (χ3v) is 5.93. The Labute approximate surface area is 177 Å². The molecule has 0 fully saturated rings. The molecule has 1 aliphatic heterocycles. The molecule has 4 heteroatoms. The molecule has 1 atom stereocenters. The molecule has 0 saturated heterocycles. The molecule has 0 radical (unpaired) electrons. The minimum atomic E-state index is -1.03. The molecule has 0 aliphatic carbocycles. The van der Waals surface area contributed by atoms with E-state index in [1.165, 1.54) is 0 Å². The number of carbonyl (C=O) groups excluding carboxylic acids is 2. The maximum absolute atomic E-state index is 13.5. The monoisotopic (exact) mass is 398 g/mol. The zero-order valence-electron chi connectivity index (χ0n) is 17.6. The molecule has 2 amide bonds. The number of aryl methyl sites for hydroxylation is 2. The normalized spacial score (nSPS) is 18.1. The zero-order valence-corrected chi connectivity index (χ0v) is 17.6. The maximum atomic E-state index is 13.5. The number of rotatable bonds is 4. The highest BCUT2D eigenvalue weighted by atomic mass is 16.2. The summed E-state index contributed by atoms with van der Waals surface area (Å²) in [5.74, 6) is -0.300. The summed E-state index contributed by atoms with van der Waals surface area (Å²) in [4.78, 5) is 28.7. The first kappa shape index (κ1) is 19.9. The standard InChI is InChI=1S/C26H26N2O2/c1-18-9-8-13-22(15-18)28-24(29)23-14-7-6-11-20(23)16-26(28,3)25(30)27-17-21-12-5-4-10-19(21)2/h4-15H,16-17H2,1-3H3,(H,27,30)/t26-/m0/s1. The van der Waals surface area contributed by atoms with Crippen molar-refractivity contribution >= 4 is 17.5 Å². The lowest BCUT2D eigenvalue weighted by molar-refractivity contribution is -0.126. The predicted octanol–water partition coefficient (Wildman–Crippen LogP) is 4.58. The van der Waals surface area contributed by atoms with Gasteiger partial charge >= 0.3 is 0 Å². The molecular formula is C26H26N2O2. The Morgan fingerprint density at radius 2 is 1.73 bits per heavy atom. The topological polar surface area (TPSA) is 49.4 Å². The number of hydrogen-bond donors (Lipinski definition) is 1. The molecule has 3 aromatic carbocycles. The largest absolute Gasteiger partial charge is 0.350 e. The first-order chi connectivity index (χ1) is 14.4. The first-order valence-corrected chi connectivity index (χ1v) is 10.2. The minimum absolute atomic E-state index is 0.143. The van der Waals surface area contributed by atoms with Gasteiger partial charge in [-0.2, -0.15) is 0 Å². The van der Waals surface area contributed by atoms with Crippen molar-refractivity contribution in [2.45, 2.75) is 39.3 Å². The van der Waals surface area contributed by atoms with Gasteiger partial charge in [-0.15, -0.1) is 0 Å². The van der Waals surface area contributed by atoms with E-state index in [1.54, 1.807) is 4.90 Å². The van der Waals surface area contributed by atoms with E-state index in [4.69, 9.17) is 0 Å². The van der Waals surface area contributed by atoms with Crippen LogP contribution in [0.5, 0.6) is 0 Å². The SMILES string of the molecule is Cc1cccc(N2C(=O)c3ccccc3C[C@@]2(C)C(=O)NCc2ccccc2C)c1. The van der Waals surface area contributed by atoms with Crippen LogP contribution in [0, 0.1) is 13.8 Å². The number of carbonyl (C=O) groups is 2. The summed E-state index contributed by atoms with van der Waals surface area (Å²) in [5, 5.41) is 3.08. The van der Waals surface area contributed by atoms with Crippen LogP contribution in [0.3, 0.4) is 0 Å². The van der Waals surface area contributed by atoms with Gasteiger partial charge in [-0.25, -0.2) is 0 Å². The summed E-state index contributed by atoms with van der Waals surface area (Å²) in [7, 11) is 0. The Hall–Kier alpha value is -3.40. The molecule has 152 valence electrons. The van der Waals surface area contributed by atoms with Crippen molar-refractivity contribution in [2.24, 2.45) is 0 Å². The molecular weight excluding hydrogens is 372 g/mol. The zero-order chi connectivity index (χ0) is 21.3. The Balaban J connectivity index is 1.73. The Morgan fingerprint density at radius 3 is 2.50 bits per heavy atom. The Bertz CT molecular complexity index is 1120. The molecule has 30 heavy (non-hydrogen) atoms. The summed E-state index contributed by atoms with van der Waals surface area (Å²) >= 11 is 0. The van der Waals surface area contributed by atoms with Crippen LogP contribution in [-0.2, 0) is 17.8 Å². The van der Waals surface area contributed by atoms with E-state index < -0.39 is 5.54 Å². The van der Waals surface area contributed by atoms with Gasteiger partial charge in [0.25, 0.3) is 5.91 Å². The fraction of sp³-hybridized carbons (Fsp3) is 0.231. The van der Waals surface area contributed by atoms with E-state index in [1.807, 2.05) is 93.6 Å². The quantitative estimate of drug-likeness (QED) is 0.699. The van der Waals surface area contributed by atoms with Crippen LogP contribution < -0.4 is 10.2 Å². The summed E-state index contributed by atoms with van der Waals surface area (Å²) in [6.07, 6.45) is 0.461. The molecule has 3 aromatic rings. The van der Waals surface area contributed by atoms with Gasteiger partial charge in [-0.05, 0) is 61.2 Å². The molecule has 1 aliphatic rings. The van der Waals surface area contributed by atoms with E-state index in [0.717, 1.165) is 27.9 Å². The molecule has 0 spiro atoms. The second kappa shape index (κ2) is 7.79. The molecule has 1 heterocycles. The highest BCUT2D eigenvalue weighted by Gasteiger charge is 2.47. The fourth-order valence-electron chi connectivity index (χ4n) is 4.20. The van der Waals surface area contributed by atoms with Gasteiger partial charge in [0.1, 0.15) is 5.54 Å². The highest BCUT2D eigenvalue weighted by Crippen LogP contribution is 2.35. The van der Waals surface area contributed by atoms with E-state index in [0.29, 0.717) is 18.5 Å². The van der Waals surface area contributed by atoms with Gasteiger partial charge in [-0.1, -0.05) is 54.6 Å². The van der Waals surface area contributed by atoms with Crippen molar-refractivity contribution < 1.29 is 9.59 Å². The number of nitrogens with one attached hydrogen (secondary N) is 1. The maximum Gasteiger partial charge on any atom is 0.259 e. The number of nitrogens with zero attached hydrogens (tertiary/aromatic N) is 1. The van der Waals surface area contributed by atoms with Gasteiger partial charge in [0, 0.05) is 24.2 Å². The van der Waals surface area contributed by atoms with Crippen LogP contribution in [0.1, 0.15) is 39.5 Å². The van der Waals surface area contributed by atoms with E-state index in [9.17, 15) is 9.59 Å². The fourth-order valence-corrected chi connectivity index (χ4v) is 4.20. The van der Waals surface area contributed by atoms with Gasteiger partial charge < -0.3 is 5.32 Å². The molecule has 4 nitrogen and oxygen atoms in total. The van der Waals surface area contributed by atoms with E-state index in [2.05, 4.69) is 5.32 Å². The summed E-state index contributed by atoms with van der Waals surface area (Å²) in [5.41, 5.74) is 4.51. The van der Waals surface area contributed by atoms with Crippen molar-refractivity contribution in [1.82, 2.24) is 5.32 Å². The van der Waals surface area contributed by atoms with Crippen LogP contribution in [0.2, 0.25) is 0 Å². The van der Waals surface area contributed by atoms with Crippen LogP contribution in [0.15, 0.2) is 72.8 Å². The first-order valence-electron chi connectivity index (χ1n) is 10.2. The number of anilines is 1. The second-order valence-electron chi connectivity index (χ2n) is 8.20. The van der Waals surface area contributed by atoms with Gasteiger partial charge in [0.15, 0.2) is 0 Å². The Morgan fingerprint density at radius 1 is 1.00 bits per heavy atom. The lowest BCUT2D eigenvalue weighted by Crippen LogP contribution is -2.63. The third kappa shape index (κ3) is 3.50. The number of fused-ring (bicyclic) bond motifs is 1. The molecule has 4 rings (SSSR count). The lowest BCUT2D eigenvalue weighted by Gasteiger charge is -2.44. The lowest BCUT2D eigenvalue weighted by atomic mass is 9.82. The van der Waals surface area contributed by atoms with Crippen LogP contribution in [0.25, 0.3) is 0 Å². The highest BCUT2D eigenvalue weighted by molar-refractivity contribution is 6.14. The van der Waals surface area contributed by atoms with Gasteiger partial charge in [0.05, 0.1) is 0 Å². The van der Waals surface area contributed by atoms with Gasteiger partial charge in [-0.3, -0.25) is 14.5 Å². The molecule has 0 aromatic heterocycles. The van der Waals surface area contributed by atoms with Crippen molar-refractivity contribution in [2.75, 3.05) is 4.90 Å². The van der Waals surface area contributed by atoms with Crippen molar-refractivity contribution in [3.05, 3.63) is 101 Å². The van der Waals surface area contributed by atoms with Crippen molar-refractivity contribution in [3.8, 4) is 0 Å². The smallest absolute Gasteiger partial charge is 0.259 e. The number of amides is 2. The number of hydrogen-bond acceptors (Lipinski definition) is 2. The van der Waals surface area contributed by atoms with Crippen molar-refractivity contribution in [3.63, 3.8) is 0 Å². The third-order valence-electron chi connectivity index (χ3n) is 5.93. The van der Waals surface area contributed by atoms with Gasteiger partial charge in [0.2, 0.25) is 5.91 Å². The Kier molecular flexibility index (Phi) is 5.17. The summed E-state index contributed by atoms with van der Waals surface area (Å²) in [6.45, 7) is 6.30. The van der Waals surface area contributed by atoms with Crippen LogP contribution in [0.4, 0.5) is 5.69 Å². The second-order valence-corrected chi connectivity index (χ2v) is 8.20. The van der Waals surface area contributed by atoms with E-state index >= 15 is 0 Å². The molecule has 0 unspecified atom stereocenters. The molecule has 0 saturated carbocycles. The van der Waals surface area contributed by atoms with Crippen LogP contribution in [-0.4, -0.2) is 17.4 Å². The average molecular weight is 399 g/mol. The minimum Gasteiger partial charge on any atom is -0.350 e. The summed E-state index contributed by atoms with van der Waals surface area (Å²) < 4.78 is 0. The average Bonchev–Trinajstić information content (AvgIpc) is 2.73. The molecule has 1 N–H and O–H groups in total. The van der Waals surface area contributed by atoms with E-state index in [-0.39, 0.29) is 11.8 Å². The van der Waals surface area contributed by atoms with Crippen molar-refractivity contribution in [1.29, 1.82) is 0 Å². The summed E-state index contributed by atoms with van der Waals surface area (Å²) in [6, 6.07) is 23.3. The predicted molar refractivity (Wildman–Crippen MR) is 120 cm³/mol. The van der Waals surface area contributed by atoms with Crippen LogP contribution >= 0.6 is 0 Å². The number of benzene rings is 3.